The van der Waals surface area contributed by atoms with Crippen molar-refractivity contribution in [3.8, 4) is 11.5 Å². The van der Waals surface area contributed by atoms with E-state index in [1.54, 1.807) is 28.6 Å². The maximum absolute atomic E-state index is 12.8. The molecule has 3 rings (SSSR count). The van der Waals surface area contributed by atoms with Crippen molar-refractivity contribution in [3.05, 3.63) is 54.1 Å². The van der Waals surface area contributed by atoms with Crippen LogP contribution in [0.5, 0.6) is 11.5 Å². The highest BCUT2D eigenvalue weighted by Gasteiger charge is 2.29. The Morgan fingerprint density at radius 1 is 0.926 bits per heavy atom. The largest absolute Gasteiger partial charge is 0.494 e. The third-order valence-electron chi connectivity index (χ3n) is 4.85. The normalized spacial score (nSPS) is 16.2. The minimum absolute atomic E-state index is 0.320. The van der Waals surface area contributed by atoms with Gasteiger partial charge in [0.1, 0.15) is 11.5 Å². The number of benzene rings is 2. The Labute approximate surface area is 162 Å². The lowest BCUT2D eigenvalue weighted by Crippen LogP contribution is -2.39. The average Bonchev–Trinajstić information content (AvgIpc) is 2.69. The molecule has 1 heterocycles. The number of nitrogens with zero attached hydrogens (tertiary/aromatic N) is 1. The molecule has 2 aromatic rings. The predicted octanol–water partition coefficient (Wildman–Crippen LogP) is 3.87. The molecule has 27 heavy (non-hydrogen) atoms. The van der Waals surface area contributed by atoms with Crippen LogP contribution in [-0.2, 0) is 10.0 Å². The molecule has 5 nitrogen and oxygen atoms in total. The second-order valence-electron chi connectivity index (χ2n) is 6.88. The maximum Gasteiger partial charge on any atom is 0.243 e. The molecule has 1 fully saturated rings. The van der Waals surface area contributed by atoms with E-state index in [1.165, 1.54) is 5.56 Å². The highest BCUT2D eigenvalue weighted by Crippen LogP contribution is 2.26. The van der Waals surface area contributed by atoms with Crippen LogP contribution in [0, 0.1) is 12.8 Å². The highest BCUT2D eigenvalue weighted by atomic mass is 32.2. The van der Waals surface area contributed by atoms with Gasteiger partial charge in [-0.2, -0.15) is 4.31 Å². The SMILES string of the molecule is CCOc1ccc(S(=O)(=O)N2CCC(COc3ccc(C)cc3)CC2)cc1. The number of rotatable bonds is 7. The number of aryl methyl sites for hydroxylation is 1. The van der Waals surface area contributed by atoms with Crippen LogP contribution < -0.4 is 9.47 Å². The fourth-order valence-corrected chi connectivity index (χ4v) is 4.66. The Kier molecular flexibility index (Phi) is 6.39. The van der Waals surface area contributed by atoms with Gasteiger partial charge in [-0.1, -0.05) is 17.7 Å². The van der Waals surface area contributed by atoms with Crippen LogP contribution >= 0.6 is 0 Å². The average molecular weight is 390 g/mol. The second kappa shape index (κ2) is 8.76. The van der Waals surface area contributed by atoms with Crippen molar-refractivity contribution in [1.82, 2.24) is 4.31 Å². The van der Waals surface area contributed by atoms with E-state index in [0.717, 1.165) is 18.6 Å². The molecule has 0 aromatic heterocycles. The Hall–Kier alpha value is -2.05. The van der Waals surface area contributed by atoms with Crippen LogP contribution in [0.2, 0.25) is 0 Å². The predicted molar refractivity (Wildman–Crippen MR) is 106 cm³/mol. The molecule has 0 N–H and O–H groups in total. The summed E-state index contributed by atoms with van der Waals surface area (Å²) in [6, 6.07) is 14.7. The lowest BCUT2D eigenvalue weighted by molar-refractivity contribution is 0.185. The van der Waals surface area contributed by atoms with E-state index < -0.39 is 10.0 Å². The molecule has 0 spiro atoms. The summed E-state index contributed by atoms with van der Waals surface area (Å²) in [7, 11) is -3.45. The monoisotopic (exact) mass is 389 g/mol. The Morgan fingerprint density at radius 2 is 1.48 bits per heavy atom. The molecule has 2 aromatic carbocycles. The number of hydrogen-bond acceptors (Lipinski definition) is 4. The summed E-state index contributed by atoms with van der Waals surface area (Å²) in [5.74, 6) is 1.92. The third kappa shape index (κ3) is 5.02. The van der Waals surface area contributed by atoms with Gasteiger partial charge in [-0.15, -0.1) is 0 Å². The van der Waals surface area contributed by atoms with Crippen molar-refractivity contribution in [2.45, 2.75) is 31.6 Å². The van der Waals surface area contributed by atoms with E-state index in [2.05, 4.69) is 0 Å². The molecule has 0 atom stereocenters. The minimum atomic E-state index is -3.45. The molecule has 0 amide bonds. The molecule has 0 radical (unpaired) electrons. The van der Waals surface area contributed by atoms with Gasteiger partial charge in [0, 0.05) is 13.1 Å². The molecule has 0 unspecified atom stereocenters. The number of sulfonamides is 1. The van der Waals surface area contributed by atoms with E-state index in [1.807, 2.05) is 38.1 Å². The molecule has 0 aliphatic carbocycles. The van der Waals surface area contributed by atoms with Gasteiger partial charge in [-0.3, -0.25) is 0 Å². The van der Waals surface area contributed by atoms with E-state index in [0.29, 0.717) is 42.9 Å². The van der Waals surface area contributed by atoms with Crippen molar-refractivity contribution < 1.29 is 17.9 Å². The summed E-state index contributed by atoms with van der Waals surface area (Å²) in [5.41, 5.74) is 1.20. The summed E-state index contributed by atoms with van der Waals surface area (Å²) in [6.07, 6.45) is 1.62. The van der Waals surface area contributed by atoms with Crippen molar-refractivity contribution in [3.63, 3.8) is 0 Å². The number of piperidine rings is 1. The summed E-state index contributed by atoms with van der Waals surface area (Å²) >= 11 is 0. The molecule has 146 valence electrons. The summed E-state index contributed by atoms with van der Waals surface area (Å²) in [5, 5.41) is 0. The van der Waals surface area contributed by atoms with Gasteiger partial charge in [0.2, 0.25) is 10.0 Å². The van der Waals surface area contributed by atoms with Crippen molar-refractivity contribution in [1.29, 1.82) is 0 Å². The quantitative estimate of drug-likeness (QED) is 0.721. The number of hydrogen-bond donors (Lipinski definition) is 0. The third-order valence-corrected chi connectivity index (χ3v) is 6.77. The zero-order valence-electron chi connectivity index (χ0n) is 15.9. The highest BCUT2D eigenvalue weighted by molar-refractivity contribution is 7.89. The second-order valence-corrected chi connectivity index (χ2v) is 8.81. The smallest absolute Gasteiger partial charge is 0.243 e. The minimum Gasteiger partial charge on any atom is -0.494 e. The van der Waals surface area contributed by atoms with E-state index in [9.17, 15) is 8.42 Å². The van der Waals surface area contributed by atoms with Gasteiger partial charge in [0.15, 0.2) is 0 Å². The standard InChI is InChI=1S/C21H27NO4S/c1-3-25-19-8-10-21(11-9-19)27(23,24)22-14-12-18(13-15-22)16-26-20-6-4-17(2)5-7-20/h4-11,18H,3,12-16H2,1-2H3. The molecule has 1 aliphatic heterocycles. The van der Waals surface area contributed by atoms with Crippen molar-refractivity contribution >= 4 is 10.0 Å². The zero-order valence-corrected chi connectivity index (χ0v) is 16.7. The van der Waals surface area contributed by atoms with Crippen LogP contribution in [0.25, 0.3) is 0 Å². The molecule has 0 bridgehead atoms. The lowest BCUT2D eigenvalue weighted by Gasteiger charge is -2.31. The first-order chi connectivity index (χ1) is 13.0. The van der Waals surface area contributed by atoms with Crippen molar-refractivity contribution in [2.24, 2.45) is 5.92 Å². The van der Waals surface area contributed by atoms with E-state index in [-0.39, 0.29) is 0 Å². The molecule has 1 saturated heterocycles. The Morgan fingerprint density at radius 3 is 2.07 bits per heavy atom. The van der Waals surface area contributed by atoms with Gasteiger partial charge in [-0.25, -0.2) is 8.42 Å². The molecule has 0 saturated carbocycles. The summed E-state index contributed by atoms with van der Waals surface area (Å²) in [6.45, 7) is 6.18. The number of ether oxygens (including phenoxy) is 2. The van der Waals surface area contributed by atoms with Crippen LogP contribution in [-0.4, -0.2) is 39.0 Å². The Balaban J connectivity index is 1.53. The van der Waals surface area contributed by atoms with Crippen LogP contribution in [0.1, 0.15) is 25.3 Å². The first-order valence-corrected chi connectivity index (χ1v) is 10.9. The van der Waals surface area contributed by atoms with Gasteiger partial charge in [-0.05, 0) is 69.0 Å². The maximum atomic E-state index is 12.8. The molecular weight excluding hydrogens is 362 g/mol. The molecule has 1 aliphatic rings. The van der Waals surface area contributed by atoms with Gasteiger partial charge in [0.25, 0.3) is 0 Å². The topological polar surface area (TPSA) is 55.8 Å². The molecule has 6 heteroatoms. The van der Waals surface area contributed by atoms with Crippen LogP contribution in [0.15, 0.2) is 53.4 Å². The fourth-order valence-electron chi connectivity index (χ4n) is 3.19. The van der Waals surface area contributed by atoms with E-state index >= 15 is 0 Å². The van der Waals surface area contributed by atoms with Gasteiger partial charge >= 0.3 is 0 Å². The summed E-state index contributed by atoms with van der Waals surface area (Å²) in [4.78, 5) is 0.320. The van der Waals surface area contributed by atoms with Gasteiger partial charge < -0.3 is 9.47 Å². The summed E-state index contributed by atoms with van der Waals surface area (Å²) < 4.78 is 38.5. The zero-order chi connectivity index (χ0) is 19.3. The van der Waals surface area contributed by atoms with Crippen molar-refractivity contribution in [2.75, 3.05) is 26.3 Å². The first kappa shape index (κ1) is 19.7. The van der Waals surface area contributed by atoms with Crippen LogP contribution in [0.4, 0.5) is 0 Å². The first-order valence-electron chi connectivity index (χ1n) is 9.41. The fraction of sp³-hybridized carbons (Fsp3) is 0.429. The van der Waals surface area contributed by atoms with Gasteiger partial charge in [0.05, 0.1) is 18.1 Å². The lowest BCUT2D eigenvalue weighted by atomic mass is 9.99. The van der Waals surface area contributed by atoms with E-state index in [4.69, 9.17) is 9.47 Å². The Bertz CT molecular complexity index is 823. The van der Waals surface area contributed by atoms with Crippen LogP contribution in [0.3, 0.4) is 0 Å². The molecular formula is C21H27NO4S.